The van der Waals surface area contributed by atoms with Gasteiger partial charge in [-0.25, -0.2) is 13.4 Å². The lowest BCUT2D eigenvalue weighted by atomic mass is 9.72. The Bertz CT molecular complexity index is 2940. The number of morpholine rings is 1. The SMILES string of the molecule is CC(=O)N1CCOC(CCCNc2ccc(S(=O)(=O)CC(=O)c3ccc(N4CCN(CC5=C(c6ccc(C(F)(F)F)cc6Cl)CC(C)(C)CC5)CC4)cc3Oc3cnc4[nH]ccc4c3)cc2[N+](=O)[O-])C1. The van der Waals surface area contributed by atoms with Crippen LogP contribution in [0.3, 0.4) is 0 Å². The smallest absolute Gasteiger partial charge is 0.416 e. The number of aromatic amines is 1. The summed E-state index contributed by atoms with van der Waals surface area (Å²) in [7, 11) is -4.41. The van der Waals surface area contributed by atoms with Crippen molar-refractivity contribution in [3.05, 3.63) is 117 Å². The molecule has 3 aliphatic rings. The molecule has 4 heterocycles. The Hall–Kier alpha value is -6.02. The van der Waals surface area contributed by atoms with Crippen LogP contribution in [0.2, 0.25) is 5.02 Å². The minimum absolute atomic E-state index is 0.0112. The van der Waals surface area contributed by atoms with Crippen molar-refractivity contribution < 1.29 is 45.6 Å². The van der Waals surface area contributed by atoms with Gasteiger partial charge in [-0.2, -0.15) is 13.2 Å². The second kappa shape index (κ2) is 20.8. The molecule has 70 heavy (non-hydrogen) atoms. The lowest BCUT2D eigenvalue weighted by molar-refractivity contribution is -0.384. The van der Waals surface area contributed by atoms with Gasteiger partial charge in [-0.05, 0) is 97.2 Å². The summed E-state index contributed by atoms with van der Waals surface area (Å²) in [5, 5.41) is 16.0. The first-order chi connectivity index (χ1) is 33.2. The monoisotopic (exact) mass is 1010 g/mol. The number of amides is 1. The Balaban J connectivity index is 0.971. The second-order valence-electron chi connectivity index (χ2n) is 18.9. The summed E-state index contributed by atoms with van der Waals surface area (Å²) in [4.78, 5) is 50.6. The number of pyridine rings is 1. The molecule has 8 rings (SSSR count). The zero-order chi connectivity index (χ0) is 50.0. The predicted molar refractivity (Wildman–Crippen MR) is 261 cm³/mol. The molecule has 372 valence electrons. The largest absolute Gasteiger partial charge is 0.455 e. The number of piperazine rings is 1. The summed E-state index contributed by atoms with van der Waals surface area (Å²) in [5.41, 5.74) is 2.92. The van der Waals surface area contributed by atoms with Crippen molar-refractivity contribution >= 4 is 66.8 Å². The van der Waals surface area contributed by atoms with E-state index in [-0.39, 0.29) is 44.3 Å². The average Bonchev–Trinajstić information content (AvgIpc) is 3.79. The topological polar surface area (TPSA) is 180 Å². The molecule has 0 saturated carbocycles. The van der Waals surface area contributed by atoms with Gasteiger partial charge in [0.15, 0.2) is 15.6 Å². The molecule has 0 bridgehead atoms. The fourth-order valence-electron chi connectivity index (χ4n) is 9.36. The van der Waals surface area contributed by atoms with E-state index in [1.165, 1.54) is 37.4 Å². The number of ketones is 1. The van der Waals surface area contributed by atoms with E-state index in [1.54, 1.807) is 29.3 Å². The van der Waals surface area contributed by atoms with Gasteiger partial charge < -0.3 is 29.6 Å². The average molecular weight is 1010 g/mol. The number of hydrogen-bond donors (Lipinski definition) is 2. The van der Waals surface area contributed by atoms with Crippen molar-refractivity contribution in [1.29, 1.82) is 0 Å². The van der Waals surface area contributed by atoms with Crippen LogP contribution in [-0.4, -0.2) is 116 Å². The van der Waals surface area contributed by atoms with Crippen molar-refractivity contribution in [3.63, 3.8) is 0 Å². The molecule has 2 N–H and O–H groups in total. The number of H-pyrrole nitrogens is 1. The van der Waals surface area contributed by atoms with Crippen LogP contribution in [0, 0.1) is 15.5 Å². The standard InChI is InChI=1S/C50H55ClF3N7O8S/c1-32(62)60-21-22-68-37(30-60)5-4-15-55-44-11-8-39(26-45(44)61(64)65)70(66,67)31-46(63)41-10-7-36(25-47(41)69-38-23-33-13-16-56-48(33)57-28-38)59-19-17-58(18-20-59)29-34-12-14-49(2,3)27-42(34)40-9-6-35(24-43(40)51)50(52,53)54/h6-11,13,16,23-26,28,37,55H,4-5,12,14-15,17-22,27,29-31H2,1-3H3,(H,56,57). The molecule has 1 amide bonds. The van der Waals surface area contributed by atoms with E-state index in [0.717, 1.165) is 53.3 Å². The molecule has 20 heteroatoms. The first-order valence-corrected chi connectivity index (χ1v) is 25.2. The highest BCUT2D eigenvalue weighted by Crippen LogP contribution is 2.46. The molecular weight excluding hydrogens is 951 g/mol. The zero-order valence-electron chi connectivity index (χ0n) is 39.1. The molecule has 3 aromatic carbocycles. The summed E-state index contributed by atoms with van der Waals surface area (Å²) in [6.45, 7) is 10.7. The molecule has 2 aliphatic heterocycles. The van der Waals surface area contributed by atoms with E-state index in [0.29, 0.717) is 95.2 Å². The Labute approximate surface area is 409 Å². The molecule has 2 fully saturated rings. The third kappa shape index (κ3) is 11.9. The van der Waals surface area contributed by atoms with Crippen molar-refractivity contribution in [1.82, 2.24) is 19.8 Å². The summed E-state index contributed by atoms with van der Waals surface area (Å²) < 4.78 is 80.3. The molecule has 0 radical (unpaired) electrons. The fourth-order valence-corrected chi connectivity index (χ4v) is 10.9. The minimum atomic E-state index is -4.50. The van der Waals surface area contributed by atoms with Crippen LogP contribution in [0.4, 0.5) is 30.2 Å². The summed E-state index contributed by atoms with van der Waals surface area (Å²) in [5.74, 6) is -1.40. The van der Waals surface area contributed by atoms with Crippen molar-refractivity contribution in [2.45, 2.75) is 70.1 Å². The van der Waals surface area contributed by atoms with Crippen molar-refractivity contribution in [2.24, 2.45) is 5.41 Å². The number of nitro benzene ring substituents is 1. The van der Waals surface area contributed by atoms with Gasteiger partial charge in [-0.15, -0.1) is 0 Å². The van der Waals surface area contributed by atoms with Gasteiger partial charge in [-0.1, -0.05) is 37.1 Å². The van der Waals surface area contributed by atoms with Crippen LogP contribution < -0.4 is 15.0 Å². The highest BCUT2D eigenvalue weighted by Gasteiger charge is 2.34. The maximum absolute atomic E-state index is 14.1. The van der Waals surface area contributed by atoms with E-state index in [2.05, 4.69) is 38.9 Å². The normalized spacial score (nSPS) is 18.0. The number of nitrogens with zero attached hydrogens (tertiary/aromatic N) is 5. The van der Waals surface area contributed by atoms with Crippen LogP contribution in [0.15, 0.2) is 89.6 Å². The van der Waals surface area contributed by atoms with E-state index >= 15 is 0 Å². The Morgan fingerprint density at radius 2 is 1.83 bits per heavy atom. The number of allylic oxidation sites excluding steroid dienone is 1. The second-order valence-corrected chi connectivity index (χ2v) is 21.3. The van der Waals surface area contributed by atoms with Gasteiger partial charge in [0.1, 0.15) is 28.6 Å². The number of carbonyl (C=O) groups is 2. The first-order valence-electron chi connectivity index (χ1n) is 23.2. The lowest BCUT2D eigenvalue weighted by Gasteiger charge is -2.39. The van der Waals surface area contributed by atoms with Gasteiger partial charge in [0.25, 0.3) is 5.69 Å². The molecule has 5 aromatic rings. The number of carbonyl (C=O) groups excluding carboxylic acids is 2. The Morgan fingerprint density at radius 1 is 1.04 bits per heavy atom. The number of ether oxygens (including phenoxy) is 2. The van der Waals surface area contributed by atoms with E-state index in [4.69, 9.17) is 21.1 Å². The van der Waals surface area contributed by atoms with Crippen LogP contribution in [-0.2, 0) is 25.5 Å². The molecule has 15 nitrogen and oxygen atoms in total. The number of nitro groups is 1. The molecule has 1 atom stereocenters. The molecule has 1 aliphatic carbocycles. The highest BCUT2D eigenvalue weighted by molar-refractivity contribution is 7.92. The number of fused-ring (bicyclic) bond motifs is 1. The van der Waals surface area contributed by atoms with Crippen LogP contribution in [0.1, 0.15) is 74.4 Å². The third-order valence-electron chi connectivity index (χ3n) is 13.3. The number of nitrogens with one attached hydrogen (secondary N) is 2. The quantitative estimate of drug-likeness (QED) is 0.0414. The number of Topliss-reactive ketones (excluding diaryl/α,β-unsaturated/α-hetero) is 1. The first kappa shape index (κ1) is 50.4. The zero-order valence-corrected chi connectivity index (χ0v) is 40.7. The van der Waals surface area contributed by atoms with Gasteiger partial charge in [0, 0.05) is 93.7 Å². The number of sulfone groups is 1. The number of alkyl halides is 3. The summed E-state index contributed by atoms with van der Waals surface area (Å²) in [6, 6.07) is 15.6. The lowest BCUT2D eigenvalue weighted by Crippen LogP contribution is -2.47. The van der Waals surface area contributed by atoms with Crippen molar-refractivity contribution in [2.75, 3.05) is 74.9 Å². The Kier molecular flexibility index (Phi) is 14.9. The Morgan fingerprint density at radius 3 is 2.56 bits per heavy atom. The predicted octanol–water partition coefficient (Wildman–Crippen LogP) is 9.82. The van der Waals surface area contributed by atoms with Crippen LogP contribution in [0.25, 0.3) is 16.6 Å². The van der Waals surface area contributed by atoms with Gasteiger partial charge in [-0.3, -0.25) is 24.6 Å². The van der Waals surface area contributed by atoms with Crippen molar-refractivity contribution in [3.8, 4) is 11.5 Å². The number of hydrogen-bond acceptors (Lipinski definition) is 12. The maximum atomic E-state index is 14.1. The van der Waals surface area contributed by atoms with Gasteiger partial charge in [0.05, 0.1) is 39.9 Å². The number of rotatable bonds is 16. The molecule has 2 aromatic heterocycles. The highest BCUT2D eigenvalue weighted by atomic mass is 35.5. The van der Waals surface area contributed by atoms with E-state index < -0.39 is 43.7 Å². The van der Waals surface area contributed by atoms with Gasteiger partial charge in [0.2, 0.25) is 5.91 Å². The molecule has 0 spiro atoms. The molecular formula is C50H55ClF3N7O8S. The number of halogens is 4. The van der Waals surface area contributed by atoms with Gasteiger partial charge >= 0.3 is 6.18 Å². The van der Waals surface area contributed by atoms with E-state index in [1.807, 2.05) is 6.07 Å². The number of anilines is 2. The number of aromatic nitrogens is 2. The van der Waals surface area contributed by atoms with Crippen LogP contribution in [0.5, 0.6) is 11.5 Å². The summed E-state index contributed by atoms with van der Waals surface area (Å²) >= 11 is 6.54. The third-order valence-corrected chi connectivity index (χ3v) is 15.2. The van der Waals surface area contributed by atoms with E-state index in [9.17, 15) is 41.3 Å². The number of benzene rings is 3. The van der Waals surface area contributed by atoms with Crippen LogP contribution >= 0.6 is 11.6 Å². The molecule has 2 saturated heterocycles. The summed E-state index contributed by atoms with van der Waals surface area (Å²) in [6.07, 6.45) is 2.12. The maximum Gasteiger partial charge on any atom is 0.416 e. The minimum Gasteiger partial charge on any atom is -0.455 e. The fraction of sp³-hybridized carbons (Fsp3) is 0.420. The molecule has 1 unspecified atom stereocenters.